The van der Waals surface area contributed by atoms with Crippen LogP contribution in [-0.4, -0.2) is 45.3 Å². The van der Waals surface area contributed by atoms with Crippen molar-refractivity contribution in [3.05, 3.63) is 78.4 Å². The van der Waals surface area contributed by atoms with Crippen LogP contribution in [0.3, 0.4) is 0 Å². The summed E-state index contributed by atoms with van der Waals surface area (Å²) in [5.41, 5.74) is 1.66. The van der Waals surface area contributed by atoms with E-state index >= 15 is 0 Å². The maximum absolute atomic E-state index is 13.7. The van der Waals surface area contributed by atoms with Crippen LogP contribution in [0.15, 0.2) is 72.8 Å². The summed E-state index contributed by atoms with van der Waals surface area (Å²) in [6, 6.07) is 23.1. The van der Waals surface area contributed by atoms with Crippen LogP contribution in [0.25, 0.3) is 0 Å². The van der Waals surface area contributed by atoms with Crippen molar-refractivity contribution in [1.82, 2.24) is 0 Å². The summed E-state index contributed by atoms with van der Waals surface area (Å²) < 4.78 is 12.1. The van der Waals surface area contributed by atoms with E-state index in [1.807, 2.05) is 60.7 Å². The number of hydrogen-bond donors (Lipinski definition) is 2. The number of hydrogen-bond acceptors (Lipinski definition) is 5. The van der Waals surface area contributed by atoms with E-state index in [1.54, 1.807) is 12.0 Å². The van der Waals surface area contributed by atoms with Gasteiger partial charge in [-0.3, -0.25) is 14.5 Å². The highest BCUT2D eigenvalue weighted by Gasteiger charge is 2.64. The summed E-state index contributed by atoms with van der Waals surface area (Å²) in [5, 5.41) is 14.3. The molecule has 1 fully saturated rings. The Bertz CT molecular complexity index is 1330. The van der Waals surface area contributed by atoms with Crippen LogP contribution in [-0.2, 0) is 19.9 Å². The van der Waals surface area contributed by atoms with Crippen LogP contribution < -0.4 is 20.1 Å². The molecule has 0 aliphatic carbocycles. The van der Waals surface area contributed by atoms with Gasteiger partial charge in [-0.15, -0.1) is 0 Å². The number of carbonyl (C=O) groups is 2. The lowest BCUT2D eigenvalue weighted by molar-refractivity contribution is -0.143. The van der Waals surface area contributed by atoms with Gasteiger partial charge in [-0.2, -0.15) is 0 Å². The van der Waals surface area contributed by atoms with E-state index in [0.29, 0.717) is 17.8 Å². The lowest BCUT2D eigenvalue weighted by Crippen LogP contribution is -2.51. The van der Waals surface area contributed by atoms with Crippen LogP contribution >= 0.6 is 0 Å². The predicted molar refractivity (Wildman–Crippen MR) is 151 cm³/mol. The molecule has 2 aliphatic heterocycles. The van der Waals surface area contributed by atoms with E-state index in [1.165, 1.54) is 5.19 Å². The van der Waals surface area contributed by atoms with E-state index < -0.39 is 13.7 Å². The van der Waals surface area contributed by atoms with Gasteiger partial charge in [-0.25, -0.2) is 0 Å². The van der Waals surface area contributed by atoms with Gasteiger partial charge in [0.05, 0.1) is 21.3 Å². The molecule has 2 heterocycles. The summed E-state index contributed by atoms with van der Waals surface area (Å²) in [4.78, 5) is 27.5. The van der Waals surface area contributed by atoms with Crippen LogP contribution in [0.1, 0.15) is 18.9 Å². The molecule has 0 saturated carbocycles. The van der Waals surface area contributed by atoms with Gasteiger partial charge in [0.1, 0.15) is 5.75 Å². The van der Waals surface area contributed by atoms with Gasteiger partial charge in [-0.1, -0.05) is 55.5 Å². The third-order valence-electron chi connectivity index (χ3n) is 8.41. The Morgan fingerprint density at radius 3 is 2.42 bits per heavy atom. The first kappa shape index (κ1) is 26.2. The lowest BCUT2D eigenvalue weighted by atomic mass is 9.82. The Balaban J connectivity index is 1.59. The maximum Gasteiger partial charge on any atom is 0.261 e. The van der Waals surface area contributed by atoms with Gasteiger partial charge in [0, 0.05) is 35.2 Å². The predicted octanol–water partition coefficient (Wildman–Crippen LogP) is 4.54. The molecule has 2 N–H and O–H groups in total. The SMILES string of the molecule is COc1ccc([Si](C)(C)[C@H]2[C@H](CCO)O[C@@]3(C(=O)Nc4ccc(N(C=O)c5ccccc5)cc43)[C@@H]2C)cc1. The Kier molecular flexibility index (Phi) is 6.89. The van der Waals surface area contributed by atoms with Crippen molar-refractivity contribution < 1.29 is 24.2 Å². The number of anilines is 3. The maximum atomic E-state index is 13.7. The number of amides is 2. The average Bonchev–Trinajstić information content (AvgIpc) is 3.38. The number of rotatable bonds is 8. The highest BCUT2D eigenvalue weighted by molar-refractivity contribution is 6.91. The molecule has 198 valence electrons. The summed E-state index contributed by atoms with van der Waals surface area (Å²) in [5.74, 6) is 0.438. The van der Waals surface area contributed by atoms with Gasteiger partial charge < -0.3 is 19.9 Å². The summed E-state index contributed by atoms with van der Waals surface area (Å²) in [6.45, 7) is 6.67. The standard InChI is InChI=1S/C30H34N2O5Si/c1-20-28(38(3,4)24-13-11-23(36-2)12-14-24)27(16-17-33)37-30(20)25-18-22(10-15-26(25)31-29(30)35)32(19-34)21-8-6-5-7-9-21/h5-15,18-20,27-28,33H,16-17H2,1-4H3,(H,31,35)/t20-,27+,28-,30+/m1/s1. The molecule has 0 aromatic heterocycles. The van der Waals surface area contributed by atoms with Crippen LogP contribution in [0.4, 0.5) is 17.1 Å². The quantitative estimate of drug-likeness (QED) is 0.330. The Labute approximate surface area is 224 Å². The number of aliphatic hydroxyl groups is 1. The van der Waals surface area contributed by atoms with Crippen LogP contribution in [0, 0.1) is 5.92 Å². The van der Waals surface area contributed by atoms with Crippen molar-refractivity contribution in [2.75, 3.05) is 23.9 Å². The van der Waals surface area contributed by atoms with E-state index in [4.69, 9.17) is 9.47 Å². The lowest BCUT2D eigenvalue weighted by Gasteiger charge is -2.37. The molecule has 38 heavy (non-hydrogen) atoms. The molecule has 0 radical (unpaired) electrons. The number of ether oxygens (including phenoxy) is 2. The minimum atomic E-state index is -2.22. The van der Waals surface area contributed by atoms with Gasteiger partial charge in [0.25, 0.3) is 5.91 Å². The number of aliphatic hydroxyl groups excluding tert-OH is 1. The van der Waals surface area contributed by atoms with E-state index in [-0.39, 0.29) is 30.1 Å². The third kappa shape index (κ3) is 4.04. The van der Waals surface area contributed by atoms with Crippen LogP contribution in [0.2, 0.25) is 18.6 Å². The zero-order valence-electron chi connectivity index (χ0n) is 22.2. The summed E-state index contributed by atoms with van der Waals surface area (Å²) in [7, 11) is -0.571. The Morgan fingerprint density at radius 2 is 1.79 bits per heavy atom. The number of nitrogens with one attached hydrogen (secondary N) is 1. The van der Waals surface area contributed by atoms with Crippen molar-refractivity contribution >= 4 is 42.6 Å². The second kappa shape index (κ2) is 10.0. The molecule has 3 aromatic rings. The van der Waals surface area contributed by atoms with E-state index in [9.17, 15) is 14.7 Å². The van der Waals surface area contributed by atoms with Crippen molar-refractivity contribution in [3.8, 4) is 5.75 Å². The molecule has 1 saturated heterocycles. The average molecular weight is 531 g/mol. The number of para-hydroxylation sites is 1. The number of methoxy groups -OCH3 is 1. The van der Waals surface area contributed by atoms with E-state index in [2.05, 4.69) is 37.5 Å². The first-order valence-corrected chi connectivity index (χ1v) is 16.0. The molecular formula is C30H34N2O5Si. The smallest absolute Gasteiger partial charge is 0.261 e. The van der Waals surface area contributed by atoms with Crippen molar-refractivity contribution in [3.63, 3.8) is 0 Å². The molecule has 3 aromatic carbocycles. The van der Waals surface area contributed by atoms with Gasteiger partial charge >= 0.3 is 0 Å². The zero-order chi connectivity index (χ0) is 27.1. The first-order chi connectivity index (χ1) is 18.3. The molecule has 2 amide bonds. The molecular weight excluding hydrogens is 496 g/mol. The third-order valence-corrected chi connectivity index (χ3v) is 12.8. The molecule has 4 atom stereocenters. The summed E-state index contributed by atoms with van der Waals surface area (Å²) >= 11 is 0. The number of fused-ring (bicyclic) bond motifs is 2. The largest absolute Gasteiger partial charge is 0.497 e. The zero-order valence-corrected chi connectivity index (χ0v) is 23.2. The Morgan fingerprint density at radius 1 is 1.08 bits per heavy atom. The fourth-order valence-electron chi connectivity index (χ4n) is 6.53. The highest BCUT2D eigenvalue weighted by Crippen LogP contribution is 2.59. The molecule has 1 spiro atoms. The summed E-state index contributed by atoms with van der Waals surface area (Å²) in [6.07, 6.45) is 0.926. The normalized spacial score (nSPS) is 24.2. The van der Waals surface area contributed by atoms with Crippen LogP contribution in [0.5, 0.6) is 5.75 Å². The highest BCUT2D eigenvalue weighted by atomic mass is 28.3. The molecule has 7 nitrogen and oxygen atoms in total. The second-order valence-electron chi connectivity index (χ2n) is 10.7. The molecule has 8 heteroatoms. The van der Waals surface area contributed by atoms with Gasteiger partial charge in [0.2, 0.25) is 6.41 Å². The number of benzene rings is 3. The number of carbonyl (C=O) groups excluding carboxylic acids is 2. The van der Waals surface area contributed by atoms with Gasteiger partial charge in [0.15, 0.2) is 5.60 Å². The van der Waals surface area contributed by atoms with Gasteiger partial charge in [-0.05, 0) is 54.4 Å². The number of nitrogens with zero attached hydrogens (tertiary/aromatic N) is 1. The fraction of sp³-hybridized carbons (Fsp3) is 0.333. The second-order valence-corrected chi connectivity index (χ2v) is 15.4. The first-order valence-electron chi connectivity index (χ1n) is 13.0. The molecule has 0 unspecified atom stereocenters. The monoisotopic (exact) mass is 530 g/mol. The topological polar surface area (TPSA) is 88.1 Å². The minimum Gasteiger partial charge on any atom is -0.497 e. The van der Waals surface area contributed by atoms with Crippen molar-refractivity contribution in [1.29, 1.82) is 0 Å². The molecule has 5 rings (SSSR count). The fourth-order valence-corrected chi connectivity index (χ4v) is 10.6. The van der Waals surface area contributed by atoms with Crippen molar-refractivity contribution in [2.24, 2.45) is 5.92 Å². The van der Waals surface area contributed by atoms with Crippen molar-refractivity contribution in [2.45, 2.75) is 43.7 Å². The Hall–Kier alpha value is -3.46. The molecule has 2 aliphatic rings. The minimum absolute atomic E-state index is 0.0293. The van der Waals surface area contributed by atoms with E-state index in [0.717, 1.165) is 23.4 Å². The molecule has 0 bridgehead atoms.